The first-order valence-electron chi connectivity index (χ1n) is 6.71. The molecule has 0 bridgehead atoms. The van der Waals surface area contributed by atoms with Crippen LogP contribution in [-0.4, -0.2) is 15.0 Å². The zero-order valence-corrected chi connectivity index (χ0v) is 12.3. The van der Waals surface area contributed by atoms with Gasteiger partial charge in [0.2, 0.25) is 11.8 Å². The molecule has 4 rings (SSSR count). The molecule has 0 N–H and O–H groups in total. The quantitative estimate of drug-likeness (QED) is 0.571. The van der Waals surface area contributed by atoms with Crippen molar-refractivity contribution in [1.29, 1.82) is 0 Å². The molecule has 22 heavy (non-hydrogen) atoms. The predicted molar refractivity (Wildman–Crippen MR) is 83.7 cm³/mol. The maximum Gasteiger partial charge on any atom is 0.226 e. The summed E-state index contributed by atoms with van der Waals surface area (Å²) in [5.74, 6) is 1.15. The summed E-state index contributed by atoms with van der Waals surface area (Å²) in [5, 5.41) is 2.88. The van der Waals surface area contributed by atoms with Gasteiger partial charge in [-0.1, -0.05) is 18.2 Å². The topological polar surface area (TPSA) is 61.0 Å². The molecule has 108 valence electrons. The lowest BCUT2D eigenvalue weighted by Gasteiger charge is -2.03. The Kier molecular flexibility index (Phi) is 3.29. The Morgan fingerprint density at radius 3 is 2.91 bits per heavy atom. The molecule has 0 radical (unpaired) electrons. The largest absolute Gasteiger partial charge is 0.470 e. The van der Waals surface area contributed by atoms with Gasteiger partial charge >= 0.3 is 0 Å². The average Bonchev–Trinajstić information content (AvgIpc) is 3.23. The van der Waals surface area contributed by atoms with Crippen LogP contribution in [0.5, 0.6) is 5.88 Å². The van der Waals surface area contributed by atoms with Gasteiger partial charge in [-0.05, 0) is 23.6 Å². The molecule has 0 spiro atoms. The lowest BCUT2D eigenvalue weighted by atomic mass is 10.2. The van der Waals surface area contributed by atoms with Crippen LogP contribution in [0.25, 0.3) is 21.7 Å². The van der Waals surface area contributed by atoms with Crippen molar-refractivity contribution in [2.45, 2.75) is 6.61 Å². The third-order valence-corrected chi connectivity index (χ3v) is 3.98. The van der Waals surface area contributed by atoms with Crippen LogP contribution in [-0.2, 0) is 6.61 Å². The molecule has 0 aliphatic heterocycles. The number of hydrogen-bond donors (Lipinski definition) is 0. The van der Waals surface area contributed by atoms with Gasteiger partial charge in [0.05, 0.1) is 5.39 Å². The van der Waals surface area contributed by atoms with Crippen LogP contribution in [0.4, 0.5) is 0 Å². The van der Waals surface area contributed by atoms with Crippen molar-refractivity contribution in [3.05, 3.63) is 60.1 Å². The SMILES string of the molecule is c1ccc(-c2nc(COc3ncnc4sccc34)co2)cc1. The van der Waals surface area contributed by atoms with Gasteiger partial charge in [-0.2, -0.15) is 0 Å². The van der Waals surface area contributed by atoms with Crippen LogP contribution in [0, 0.1) is 0 Å². The van der Waals surface area contributed by atoms with E-state index in [0.717, 1.165) is 21.5 Å². The number of thiophene rings is 1. The van der Waals surface area contributed by atoms with Gasteiger partial charge in [-0.3, -0.25) is 0 Å². The van der Waals surface area contributed by atoms with E-state index in [1.807, 2.05) is 41.8 Å². The standard InChI is InChI=1S/C16H11N3O2S/c1-2-4-11(5-3-1)14-19-12(8-20-14)9-21-15-13-6-7-22-16(13)18-10-17-15/h1-8,10H,9H2. The highest BCUT2D eigenvalue weighted by Gasteiger charge is 2.09. The summed E-state index contributed by atoms with van der Waals surface area (Å²) in [4.78, 5) is 13.7. The Morgan fingerprint density at radius 1 is 1.09 bits per heavy atom. The van der Waals surface area contributed by atoms with E-state index in [2.05, 4.69) is 15.0 Å². The monoisotopic (exact) mass is 309 g/mol. The summed E-state index contributed by atoms with van der Waals surface area (Å²) in [7, 11) is 0. The fraction of sp³-hybridized carbons (Fsp3) is 0.0625. The zero-order valence-electron chi connectivity index (χ0n) is 11.5. The number of rotatable bonds is 4. The summed E-state index contributed by atoms with van der Waals surface area (Å²) >= 11 is 1.56. The molecule has 1 aromatic carbocycles. The van der Waals surface area contributed by atoms with E-state index in [-0.39, 0.29) is 0 Å². The summed E-state index contributed by atoms with van der Waals surface area (Å²) in [6, 6.07) is 11.7. The summed E-state index contributed by atoms with van der Waals surface area (Å²) in [5.41, 5.74) is 1.66. The summed E-state index contributed by atoms with van der Waals surface area (Å²) in [6.07, 6.45) is 3.11. The molecule has 6 heteroatoms. The molecule has 3 heterocycles. The molecule has 0 fully saturated rings. The Labute approximate surface area is 130 Å². The highest BCUT2D eigenvalue weighted by atomic mass is 32.1. The van der Waals surface area contributed by atoms with Crippen molar-refractivity contribution in [3.63, 3.8) is 0 Å². The van der Waals surface area contributed by atoms with Crippen molar-refractivity contribution in [1.82, 2.24) is 15.0 Å². The molecule has 0 aliphatic carbocycles. The zero-order chi connectivity index (χ0) is 14.8. The molecule has 0 atom stereocenters. The Morgan fingerprint density at radius 2 is 2.00 bits per heavy atom. The van der Waals surface area contributed by atoms with Crippen LogP contribution in [0.3, 0.4) is 0 Å². The molecular weight excluding hydrogens is 298 g/mol. The van der Waals surface area contributed by atoms with Gasteiger partial charge in [0.15, 0.2) is 0 Å². The van der Waals surface area contributed by atoms with E-state index in [0.29, 0.717) is 18.4 Å². The van der Waals surface area contributed by atoms with Gasteiger partial charge in [-0.25, -0.2) is 15.0 Å². The third-order valence-electron chi connectivity index (χ3n) is 3.15. The second-order valence-corrected chi connectivity index (χ2v) is 5.51. The molecule has 0 saturated heterocycles. The van der Waals surface area contributed by atoms with Gasteiger partial charge in [0.25, 0.3) is 0 Å². The molecule has 0 aliphatic rings. The van der Waals surface area contributed by atoms with Crippen LogP contribution < -0.4 is 4.74 Å². The Hall–Kier alpha value is -2.73. The van der Waals surface area contributed by atoms with Crippen molar-refractivity contribution in [2.75, 3.05) is 0 Å². The molecule has 5 nitrogen and oxygen atoms in total. The van der Waals surface area contributed by atoms with Crippen molar-refractivity contribution in [2.24, 2.45) is 0 Å². The number of fused-ring (bicyclic) bond motifs is 1. The summed E-state index contributed by atoms with van der Waals surface area (Å²) in [6.45, 7) is 0.304. The van der Waals surface area contributed by atoms with Crippen LogP contribution in [0.15, 0.2) is 58.8 Å². The Bertz CT molecular complexity index is 902. The lowest BCUT2D eigenvalue weighted by Crippen LogP contribution is -1.98. The maximum atomic E-state index is 5.75. The molecule has 0 amide bonds. The molecule has 3 aromatic heterocycles. The first-order chi connectivity index (χ1) is 10.9. The minimum Gasteiger partial charge on any atom is -0.470 e. The van der Waals surface area contributed by atoms with Crippen LogP contribution in [0.1, 0.15) is 5.69 Å². The highest BCUT2D eigenvalue weighted by molar-refractivity contribution is 7.16. The van der Waals surface area contributed by atoms with Gasteiger partial charge in [0.1, 0.15) is 29.7 Å². The van der Waals surface area contributed by atoms with E-state index >= 15 is 0 Å². The van der Waals surface area contributed by atoms with Crippen LogP contribution >= 0.6 is 11.3 Å². The number of ether oxygens (including phenoxy) is 1. The average molecular weight is 309 g/mol. The number of oxazole rings is 1. The third kappa shape index (κ3) is 2.44. The second kappa shape index (κ2) is 5.57. The van der Waals surface area contributed by atoms with E-state index in [4.69, 9.17) is 9.15 Å². The summed E-state index contributed by atoms with van der Waals surface area (Å²) < 4.78 is 11.2. The number of aromatic nitrogens is 3. The Balaban J connectivity index is 1.53. The van der Waals surface area contributed by atoms with E-state index in [9.17, 15) is 0 Å². The molecule has 4 aromatic rings. The van der Waals surface area contributed by atoms with Crippen molar-refractivity contribution < 1.29 is 9.15 Å². The van der Waals surface area contributed by atoms with Crippen molar-refractivity contribution >= 4 is 21.6 Å². The second-order valence-electron chi connectivity index (χ2n) is 4.62. The fourth-order valence-electron chi connectivity index (χ4n) is 2.11. The number of benzene rings is 1. The minimum absolute atomic E-state index is 0.304. The fourth-order valence-corrected chi connectivity index (χ4v) is 2.83. The van der Waals surface area contributed by atoms with E-state index in [1.165, 1.54) is 6.33 Å². The molecule has 0 unspecified atom stereocenters. The molecular formula is C16H11N3O2S. The van der Waals surface area contributed by atoms with Crippen LogP contribution in [0.2, 0.25) is 0 Å². The first-order valence-corrected chi connectivity index (χ1v) is 7.59. The number of nitrogens with zero attached hydrogens (tertiary/aromatic N) is 3. The maximum absolute atomic E-state index is 5.75. The van der Waals surface area contributed by atoms with E-state index in [1.54, 1.807) is 17.6 Å². The highest BCUT2D eigenvalue weighted by Crippen LogP contribution is 2.26. The normalized spacial score (nSPS) is 10.9. The van der Waals surface area contributed by atoms with Gasteiger partial charge in [-0.15, -0.1) is 11.3 Å². The molecule has 0 saturated carbocycles. The van der Waals surface area contributed by atoms with E-state index < -0.39 is 0 Å². The first kappa shape index (κ1) is 13.0. The van der Waals surface area contributed by atoms with Gasteiger partial charge in [0, 0.05) is 5.56 Å². The smallest absolute Gasteiger partial charge is 0.226 e. The lowest BCUT2D eigenvalue weighted by molar-refractivity contribution is 0.292. The van der Waals surface area contributed by atoms with Crippen molar-refractivity contribution in [3.8, 4) is 17.3 Å². The van der Waals surface area contributed by atoms with Gasteiger partial charge < -0.3 is 9.15 Å². The minimum atomic E-state index is 0.304. The number of hydrogen-bond acceptors (Lipinski definition) is 6. The predicted octanol–water partition coefficient (Wildman–Crippen LogP) is 3.93.